The minimum atomic E-state index is -5.67. The van der Waals surface area contributed by atoms with Crippen LogP contribution in [0, 0.1) is 0 Å². The summed E-state index contributed by atoms with van der Waals surface area (Å²) in [6.45, 7) is -0.653. The SMILES string of the molecule is O=C(OC/C(I)=C/C(F)(F)C(F)(F)F)c1ccccc1. The fourth-order valence-electron chi connectivity index (χ4n) is 1.11. The Labute approximate surface area is 124 Å². The van der Waals surface area contributed by atoms with Crippen molar-refractivity contribution in [1.82, 2.24) is 0 Å². The van der Waals surface area contributed by atoms with Gasteiger partial charge < -0.3 is 4.74 Å². The predicted octanol–water partition coefficient (Wildman–Crippen LogP) is 4.36. The van der Waals surface area contributed by atoms with Crippen molar-refractivity contribution in [1.29, 1.82) is 0 Å². The van der Waals surface area contributed by atoms with E-state index >= 15 is 0 Å². The topological polar surface area (TPSA) is 26.3 Å². The summed E-state index contributed by atoms with van der Waals surface area (Å²) in [5.74, 6) is -5.76. The molecule has 2 nitrogen and oxygen atoms in total. The molecule has 0 fully saturated rings. The van der Waals surface area contributed by atoms with Crippen molar-refractivity contribution in [2.75, 3.05) is 6.61 Å². The highest BCUT2D eigenvalue weighted by atomic mass is 127. The number of carbonyl (C=O) groups is 1. The van der Waals surface area contributed by atoms with E-state index in [4.69, 9.17) is 0 Å². The smallest absolute Gasteiger partial charge is 0.457 e. The molecule has 0 saturated carbocycles. The van der Waals surface area contributed by atoms with E-state index in [-0.39, 0.29) is 11.6 Å². The van der Waals surface area contributed by atoms with Crippen LogP contribution in [-0.2, 0) is 4.74 Å². The van der Waals surface area contributed by atoms with Gasteiger partial charge in [-0.05, 0) is 34.7 Å². The van der Waals surface area contributed by atoms with Crippen molar-refractivity contribution in [3.8, 4) is 0 Å². The molecule has 0 amide bonds. The maximum Gasteiger partial charge on any atom is 0.457 e. The van der Waals surface area contributed by atoms with Gasteiger partial charge in [-0.2, -0.15) is 22.0 Å². The summed E-state index contributed by atoms with van der Waals surface area (Å²) in [5, 5.41) is 0. The maximum atomic E-state index is 12.7. The Hall–Kier alpha value is -1.19. The summed E-state index contributed by atoms with van der Waals surface area (Å²) in [4.78, 5) is 11.4. The summed E-state index contributed by atoms with van der Waals surface area (Å²) in [5.41, 5.74) is 0.180. The van der Waals surface area contributed by atoms with E-state index in [0.717, 1.165) is 0 Å². The highest BCUT2D eigenvalue weighted by molar-refractivity contribution is 14.1. The number of ether oxygens (including phenoxy) is 1. The van der Waals surface area contributed by atoms with Crippen molar-refractivity contribution in [3.63, 3.8) is 0 Å². The molecule has 1 aromatic rings. The van der Waals surface area contributed by atoms with Crippen LogP contribution in [-0.4, -0.2) is 24.7 Å². The summed E-state index contributed by atoms with van der Waals surface area (Å²) in [6.07, 6.45) is -5.95. The van der Waals surface area contributed by atoms with Crippen LogP contribution in [0.4, 0.5) is 22.0 Å². The Bertz CT molecular complexity index is 496. The molecule has 0 heterocycles. The number of hydrogen-bond donors (Lipinski definition) is 0. The number of esters is 1. The zero-order chi connectivity index (χ0) is 15.4. The third-order valence-electron chi connectivity index (χ3n) is 2.07. The van der Waals surface area contributed by atoms with Gasteiger partial charge in [0, 0.05) is 9.66 Å². The van der Waals surface area contributed by atoms with E-state index in [1.807, 2.05) is 0 Å². The number of rotatable bonds is 4. The summed E-state index contributed by atoms with van der Waals surface area (Å²) in [7, 11) is 0. The average Bonchev–Trinajstić information content (AvgIpc) is 2.35. The Balaban J connectivity index is 2.64. The van der Waals surface area contributed by atoms with Gasteiger partial charge >= 0.3 is 18.1 Å². The first-order chi connectivity index (χ1) is 9.13. The highest BCUT2D eigenvalue weighted by Crippen LogP contribution is 2.37. The van der Waals surface area contributed by atoms with Crippen LogP contribution in [0.5, 0.6) is 0 Å². The largest absolute Gasteiger partial charge is 0.457 e. The monoisotopic (exact) mass is 406 g/mol. The van der Waals surface area contributed by atoms with Gasteiger partial charge in [-0.1, -0.05) is 18.2 Å². The minimum absolute atomic E-state index is 0.180. The molecule has 0 unspecified atom stereocenters. The molecule has 0 atom stereocenters. The number of hydrogen-bond acceptors (Lipinski definition) is 2. The van der Waals surface area contributed by atoms with Gasteiger partial charge in [-0.25, -0.2) is 4.79 Å². The Morgan fingerprint density at radius 2 is 1.70 bits per heavy atom. The number of halogens is 6. The first-order valence-electron chi connectivity index (χ1n) is 5.17. The summed E-state index contributed by atoms with van der Waals surface area (Å²) in [6, 6.07) is 7.65. The van der Waals surface area contributed by atoms with Gasteiger partial charge in [-0.15, -0.1) is 0 Å². The van der Waals surface area contributed by atoms with Crippen molar-refractivity contribution in [3.05, 3.63) is 45.6 Å². The molecule has 0 N–H and O–H groups in total. The lowest BCUT2D eigenvalue weighted by Crippen LogP contribution is -2.34. The van der Waals surface area contributed by atoms with Crippen LogP contribution >= 0.6 is 22.6 Å². The zero-order valence-electron chi connectivity index (χ0n) is 9.76. The quantitative estimate of drug-likeness (QED) is 0.422. The molecule has 0 bridgehead atoms. The third-order valence-corrected chi connectivity index (χ3v) is 2.69. The molecular formula is C12H8F5IO2. The number of alkyl halides is 5. The van der Waals surface area contributed by atoms with Crippen molar-refractivity contribution >= 4 is 28.6 Å². The third kappa shape index (κ3) is 4.73. The normalized spacial score (nSPS) is 13.2. The van der Waals surface area contributed by atoms with Crippen LogP contribution in [0.1, 0.15) is 10.4 Å². The van der Waals surface area contributed by atoms with Gasteiger partial charge in [0.25, 0.3) is 0 Å². The van der Waals surface area contributed by atoms with E-state index in [1.165, 1.54) is 34.7 Å². The number of benzene rings is 1. The summed E-state index contributed by atoms with van der Waals surface area (Å²) < 4.78 is 65.4. The van der Waals surface area contributed by atoms with Crippen LogP contribution in [0.3, 0.4) is 0 Å². The molecule has 0 aliphatic heterocycles. The van der Waals surface area contributed by atoms with Crippen LogP contribution in [0.25, 0.3) is 0 Å². The molecule has 0 saturated heterocycles. The lowest BCUT2D eigenvalue weighted by atomic mass is 10.2. The van der Waals surface area contributed by atoms with Crippen molar-refractivity contribution in [2.24, 2.45) is 0 Å². The Morgan fingerprint density at radius 1 is 1.15 bits per heavy atom. The second-order valence-electron chi connectivity index (χ2n) is 3.65. The molecule has 20 heavy (non-hydrogen) atoms. The molecule has 110 valence electrons. The molecule has 0 aromatic heterocycles. The molecule has 0 spiro atoms. The fourth-order valence-corrected chi connectivity index (χ4v) is 1.66. The first-order valence-corrected chi connectivity index (χ1v) is 6.25. The van der Waals surface area contributed by atoms with Gasteiger partial charge in [0.2, 0.25) is 0 Å². The molecule has 0 aliphatic rings. The standard InChI is InChI=1S/C12H8F5IO2/c13-11(14,12(15,16)17)6-9(18)7-20-10(19)8-4-2-1-3-5-8/h1-6H,7H2/b9-6-. The summed E-state index contributed by atoms with van der Waals surface area (Å²) >= 11 is 1.26. The predicted molar refractivity (Wildman–Crippen MR) is 69.8 cm³/mol. The number of allylic oxidation sites excluding steroid dienone is 1. The number of carbonyl (C=O) groups excluding carboxylic acids is 1. The molecule has 8 heteroatoms. The van der Waals surface area contributed by atoms with Gasteiger partial charge in [0.1, 0.15) is 6.61 Å². The minimum Gasteiger partial charge on any atom is -0.457 e. The van der Waals surface area contributed by atoms with Gasteiger partial charge in [0.05, 0.1) is 5.56 Å². The Kier molecular flexibility index (Phi) is 5.49. The van der Waals surface area contributed by atoms with E-state index in [0.29, 0.717) is 0 Å². The van der Waals surface area contributed by atoms with E-state index < -0.39 is 28.3 Å². The van der Waals surface area contributed by atoms with Crippen LogP contribution < -0.4 is 0 Å². The van der Waals surface area contributed by atoms with E-state index in [9.17, 15) is 26.7 Å². The highest BCUT2D eigenvalue weighted by Gasteiger charge is 2.55. The molecule has 0 radical (unpaired) electrons. The van der Waals surface area contributed by atoms with Crippen molar-refractivity contribution < 1.29 is 31.5 Å². The van der Waals surface area contributed by atoms with Crippen LogP contribution in [0.15, 0.2) is 40.0 Å². The Morgan fingerprint density at radius 3 is 2.20 bits per heavy atom. The molecule has 0 aliphatic carbocycles. The van der Waals surface area contributed by atoms with E-state index in [1.54, 1.807) is 18.2 Å². The lowest BCUT2D eigenvalue weighted by Gasteiger charge is -2.16. The molecule has 1 rings (SSSR count). The molecular weight excluding hydrogens is 398 g/mol. The maximum absolute atomic E-state index is 12.7. The first kappa shape index (κ1) is 16.9. The van der Waals surface area contributed by atoms with Crippen LogP contribution in [0.2, 0.25) is 0 Å². The lowest BCUT2D eigenvalue weighted by molar-refractivity contribution is -0.259. The second-order valence-corrected chi connectivity index (χ2v) is 5.04. The zero-order valence-corrected chi connectivity index (χ0v) is 11.9. The van der Waals surface area contributed by atoms with Gasteiger partial charge in [0.15, 0.2) is 0 Å². The van der Waals surface area contributed by atoms with Gasteiger partial charge in [-0.3, -0.25) is 0 Å². The fraction of sp³-hybridized carbons (Fsp3) is 0.250. The second kappa shape index (κ2) is 6.51. The van der Waals surface area contributed by atoms with E-state index in [2.05, 4.69) is 4.74 Å². The average molecular weight is 406 g/mol. The molecule has 1 aromatic carbocycles. The van der Waals surface area contributed by atoms with Crippen molar-refractivity contribution in [2.45, 2.75) is 12.1 Å².